The fraction of sp³-hybridized carbons (Fsp3) is 0.200. The zero-order valence-corrected chi connectivity index (χ0v) is 7.19. The van der Waals surface area contributed by atoms with Gasteiger partial charge in [-0.2, -0.15) is 0 Å². The highest BCUT2D eigenvalue weighted by atomic mass is 32.1. The second-order valence-corrected chi connectivity index (χ2v) is 3.53. The number of rotatable bonds is 1. The van der Waals surface area contributed by atoms with Gasteiger partial charge in [-0.15, -0.1) is 0 Å². The highest BCUT2D eigenvalue weighted by Crippen LogP contribution is 2.34. The summed E-state index contributed by atoms with van der Waals surface area (Å²) in [4.78, 5) is 0. The molecule has 2 aliphatic carbocycles. The molecule has 0 amide bonds. The molecule has 2 rings (SSSR count). The van der Waals surface area contributed by atoms with Crippen molar-refractivity contribution in [3.05, 3.63) is 47.1 Å². The first kappa shape index (κ1) is 6.99. The molecule has 0 aromatic rings. The smallest absolute Gasteiger partial charge is 0.0379 e. The highest BCUT2D eigenvalue weighted by Gasteiger charge is 2.18. The molecule has 1 heteroatoms. The quantitative estimate of drug-likeness (QED) is 0.554. The van der Waals surface area contributed by atoms with Crippen LogP contribution >= 0.6 is 12.6 Å². The fourth-order valence-electron chi connectivity index (χ4n) is 1.47. The van der Waals surface area contributed by atoms with Gasteiger partial charge in [0.05, 0.1) is 0 Å². The van der Waals surface area contributed by atoms with Crippen molar-refractivity contribution in [1.82, 2.24) is 0 Å². The van der Waals surface area contributed by atoms with Crippen LogP contribution in [-0.4, -0.2) is 5.25 Å². The largest absolute Gasteiger partial charge is 0.0856 e. The van der Waals surface area contributed by atoms with Gasteiger partial charge < -0.3 is 0 Å². The molecule has 11 heavy (non-hydrogen) atoms. The predicted molar refractivity (Wildman–Crippen MR) is 50.4 cm³/mol. The Kier molecular flexibility index (Phi) is 1.53. The third-order valence-corrected chi connectivity index (χ3v) is 2.30. The van der Waals surface area contributed by atoms with Gasteiger partial charge in [-0.05, 0) is 23.6 Å². The summed E-state index contributed by atoms with van der Waals surface area (Å²) in [6.45, 7) is 2.05. The van der Waals surface area contributed by atoms with E-state index in [1.807, 2.05) is 0 Å². The van der Waals surface area contributed by atoms with Gasteiger partial charge >= 0.3 is 0 Å². The molecule has 0 saturated heterocycles. The third-order valence-electron chi connectivity index (χ3n) is 2.04. The van der Waals surface area contributed by atoms with Crippen LogP contribution in [0.15, 0.2) is 47.1 Å². The van der Waals surface area contributed by atoms with Crippen molar-refractivity contribution in [1.29, 1.82) is 0 Å². The molecule has 1 atom stereocenters. The lowest BCUT2D eigenvalue weighted by Crippen LogP contribution is -1.97. The lowest BCUT2D eigenvalue weighted by atomic mass is 10.0. The lowest BCUT2D eigenvalue weighted by Gasteiger charge is -2.06. The maximum Gasteiger partial charge on any atom is 0.0379 e. The van der Waals surface area contributed by atoms with Crippen LogP contribution in [-0.2, 0) is 0 Å². The van der Waals surface area contributed by atoms with Gasteiger partial charge in [-0.1, -0.05) is 43.0 Å². The minimum Gasteiger partial charge on any atom is -0.0856 e. The van der Waals surface area contributed by atoms with Gasteiger partial charge in [0, 0.05) is 5.25 Å². The minimum absolute atomic E-state index is 0.231. The Balaban J connectivity index is 2.34. The maximum atomic E-state index is 5.19. The highest BCUT2D eigenvalue weighted by molar-refractivity contribution is 7.81. The van der Waals surface area contributed by atoms with Gasteiger partial charge in [0.1, 0.15) is 0 Å². The van der Waals surface area contributed by atoms with E-state index in [9.17, 15) is 0 Å². The second kappa shape index (κ2) is 2.42. The fourth-order valence-corrected chi connectivity index (χ4v) is 1.67. The van der Waals surface area contributed by atoms with Crippen LogP contribution in [0.2, 0.25) is 0 Å². The van der Waals surface area contributed by atoms with E-state index >= 15 is 0 Å². The first-order chi connectivity index (χ1) is 5.29. The van der Waals surface area contributed by atoms with E-state index in [4.69, 9.17) is 12.6 Å². The normalized spacial score (nSPS) is 22.5. The van der Waals surface area contributed by atoms with Gasteiger partial charge in [0.2, 0.25) is 0 Å². The van der Waals surface area contributed by atoms with Crippen molar-refractivity contribution < 1.29 is 0 Å². The first-order valence-corrected chi connectivity index (χ1v) is 4.23. The van der Waals surface area contributed by atoms with Crippen molar-refractivity contribution in [2.45, 2.75) is 12.2 Å². The van der Waals surface area contributed by atoms with E-state index in [1.54, 1.807) is 0 Å². The molecule has 0 aliphatic heterocycles. The van der Waals surface area contributed by atoms with Crippen molar-refractivity contribution in [2.75, 3.05) is 0 Å². The predicted octanol–water partition coefficient (Wildman–Crippen LogP) is 2.94. The Morgan fingerprint density at radius 2 is 2.09 bits per heavy atom. The topological polar surface area (TPSA) is 0 Å². The van der Waals surface area contributed by atoms with Crippen molar-refractivity contribution in [2.24, 2.45) is 0 Å². The summed E-state index contributed by atoms with van der Waals surface area (Å²) < 4.78 is 0. The van der Waals surface area contributed by atoms with E-state index < -0.39 is 0 Å². The van der Waals surface area contributed by atoms with Gasteiger partial charge in [-0.3, -0.25) is 0 Å². The van der Waals surface area contributed by atoms with Crippen LogP contribution in [0.4, 0.5) is 0 Å². The van der Waals surface area contributed by atoms with Crippen molar-refractivity contribution in [3.8, 4) is 0 Å². The van der Waals surface area contributed by atoms with E-state index in [1.165, 1.54) is 16.7 Å². The molecule has 0 spiro atoms. The standard InChI is InChI=1S/C10H9S/c1-7(11)9-6-5-8-3-2-4-10(8)9/h2-7H,1H3. The maximum absolute atomic E-state index is 5.19. The first-order valence-electron chi connectivity index (χ1n) is 3.76. The number of hydrogen-bond donors (Lipinski definition) is 0. The van der Waals surface area contributed by atoms with E-state index in [2.05, 4.69) is 37.3 Å². The van der Waals surface area contributed by atoms with Crippen LogP contribution < -0.4 is 0 Å². The van der Waals surface area contributed by atoms with Gasteiger partial charge in [0.15, 0.2) is 0 Å². The average Bonchev–Trinajstić information content (AvgIpc) is 2.41. The molecule has 55 valence electrons. The Labute approximate surface area is 72.4 Å². The summed E-state index contributed by atoms with van der Waals surface area (Å²) in [5.74, 6) is 0. The molecule has 1 unspecified atom stereocenters. The molecule has 0 heterocycles. The van der Waals surface area contributed by atoms with Gasteiger partial charge in [-0.25, -0.2) is 0 Å². The van der Waals surface area contributed by atoms with Gasteiger partial charge in [0.25, 0.3) is 0 Å². The van der Waals surface area contributed by atoms with E-state index in [0.29, 0.717) is 0 Å². The summed E-state index contributed by atoms with van der Waals surface area (Å²) >= 11 is 5.19. The molecule has 0 fully saturated rings. The second-order valence-electron chi connectivity index (χ2n) is 2.83. The molecular weight excluding hydrogens is 152 g/mol. The van der Waals surface area contributed by atoms with E-state index in [-0.39, 0.29) is 5.25 Å². The van der Waals surface area contributed by atoms with Crippen LogP contribution in [0.3, 0.4) is 0 Å². The monoisotopic (exact) mass is 161 g/mol. The van der Waals surface area contributed by atoms with E-state index in [0.717, 1.165) is 0 Å². The zero-order chi connectivity index (χ0) is 7.84. The molecule has 1 radical (unpaired) electrons. The minimum atomic E-state index is 0.231. The summed E-state index contributed by atoms with van der Waals surface area (Å²) in [5.41, 5.74) is 3.93. The molecule has 0 bridgehead atoms. The third kappa shape index (κ3) is 1.000. The lowest BCUT2D eigenvalue weighted by molar-refractivity contribution is 1.17. The van der Waals surface area contributed by atoms with Crippen molar-refractivity contribution in [3.63, 3.8) is 0 Å². The zero-order valence-electron chi connectivity index (χ0n) is 6.37. The molecule has 2 aliphatic rings. The van der Waals surface area contributed by atoms with Crippen molar-refractivity contribution >= 4 is 12.6 Å². The summed E-state index contributed by atoms with van der Waals surface area (Å²) in [7, 11) is 0. The number of hydrogen-bond acceptors (Lipinski definition) is 0. The molecular formula is C10H9S. The summed E-state index contributed by atoms with van der Waals surface area (Å²) in [6, 6.07) is 0. The summed E-state index contributed by atoms with van der Waals surface area (Å²) in [5, 5.41) is 0.231. The Morgan fingerprint density at radius 1 is 1.27 bits per heavy atom. The molecule has 0 saturated carbocycles. The van der Waals surface area contributed by atoms with Crippen LogP contribution in [0.25, 0.3) is 0 Å². The Hall–Kier alpha value is -0.690. The molecule has 0 N–H and O–H groups in total. The molecule has 0 aromatic heterocycles. The Morgan fingerprint density at radius 3 is 2.82 bits per heavy atom. The SMILES string of the molecule is CC([S])C1=CC=C2C=CC=C21. The average molecular weight is 161 g/mol. The molecule has 0 aromatic carbocycles. The van der Waals surface area contributed by atoms with Crippen LogP contribution in [0.5, 0.6) is 0 Å². The summed E-state index contributed by atoms with van der Waals surface area (Å²) in [6.07, 6.45) is 10.6. The van der Waals surface area contributed by atoms with Crippen LogP contribution in [0.1, 0.15) is 6.92 Å². The Bertz CT molecular complexity index is 301. The molecule has 0 nitrogen and oxygen atoms in total. The number of allylic oxidation sites excluding steroid dienone is 7. The van der Waals surface area contributed by atoms with Crippen LogP contribution in [0, 0.1) is 0 Å². The number of fused-ring (bicyclic) bond motifs is 1.